The molecule has 300 valence electrons. The van der Waals surface area contributed by atoms with Crippen LogP contribution in [0, 0.1) is 0 Å². The fourth-order valence-electron chi connectivity index (χ4n) is 10.5. The van der Waals surface area contributed by atoms with Crippen LogP contribution in [0.2, 0.25) is 0 Å². The van der Waals surface area contributed by atoms with Crippen LogP contribution in [0.15, 0.2) is 241 Å². The van der Waals surface area contributed by atoms with Gasteiger partial charge in [0, 0.05) is 37.5 Å². The molecule has 2 nitrogen and oxygen atoms in total. The molecule has 0 N–H and O–H groups in total. The highest BCUT2D eigenvalue weighted by Crippen LogP contribution is 2.60. The molecule has 0 bridgehead atoms. The predicted octanol–water partition coefficient (Wildman–Crippen LogP) is 17.1. The lowest BCUT2D eigenvalue weighted by Gasteiger charge is -2.34. The van der Waals surface area contributed by atoms with Gasteiger partial charge in [0.2, 0.25) is 0 Å². The average Bonchev–Trinajstić information content (AvgIpc) is 4.04. The van der Waals surface area contributed by atoms with E-state index in [-0.39, 0.29) is 0 Å². The standard InChI is InChI=1S/C61H39NOS/c1-3-15-44(16-4-1)61(45-17-5-2-6-18-45)52-23-10-7-21-50(52)59-53(61)24-14-25-54(59)62(55-26-13-22-49-48-20-9-12-28-58(48)64-60(49)55)46-36-33-41(34-37-46)40-29-31-42(32-30-40)43-35-38-57-51(39-43)47-19-8-11-27-56(47)63-57/h1-39H. The molecule has 1 aliphatic rings. The lowest BCUT2D eigenvalue weighted by molar-refractivity contribution is 0.669. The number of rotatable bonds is 7. The minimum Gasteiger partial charge on any atom is -0.456 e. The van der Waals surface area contributed by atoms with Crippen LogP contribution < -0.4 is 4.90 Å². The van der Waals surface area contributed by atoms with E-state index in [0.29, 0.717) is 0 Å². The molecule has 0 unspecified atom stereocenters. The molecule has 0 atom stereocenters. The van der Waals surface area contributed by atoms with Crippen LogP contribution in [0.25, 0.3) is 75.5 Å². The monoisotopic (exact) mass is 833 g/mol. The molecule has 10 aromatic carbocycles. The number of thiophene rings is 1. The molecule has 3 heteroatoms. The second-order valence-electron chi connectivity index (χ2n) is 16.7. The first-order valence-corrected chi connectivity index (χ1v) is 22.7. The van der Waals surface area contributed by atoms with Crippen molar-refractivity contribution in [1.82, 2.24) is 0 Å². The molecule has 0 spiro atoms. The number of furan rings is 1. The zero-order valence-electron chi connectivity index (χ0n) is 34.8. The topological polar surface area (TPSA) is 16.4 Å². The van der Waals surface area contributed by atoms with Crippen LogP contribution in [0.4, 0.5) is 17.1 Å². The van der Waals surface area contributed by atoms with Crippen LogP contribution in [0.3, 0.4) is 0 Å². The smallest absolute Gasteiger partial charge is 0.135 e. The third kappa shape index (κ3) is 5.51. The van der Waals surface area contributed by atoms with Gasteiger partial charge in [-0.05, 0) is 98.6 Å². The van der Waals surface area contributed by atoms with Crippen LogP contribution >= 0.6 is 11.3 Å². The minimum absolute atomic E-state index is 0.506. The molecule has 0 aliphatic heterocycles. The van der Waals surface area contributed by atoms with Gasteiger partial charge >= 0.3 is 0 Å². The van der Waals surface area contributed by atoms with Gasteiger partial charge in [0.15, 0.2) is 0 Å². The summed E-state index contributed by atoms with van der Waals surface area (Å²) in [4.78, 5) is 2.52. The van der Waals surface area contributed by atoms with E-state index < -0.39 is 5.41 Å². The number of anilines is 3. The first kappa shape index (κ1) is 36.7. The van der Waals surface area contributed by atoms with Gasteiger partial charge in [-0.1, -0.05) is 188 Å². The number of benzene rings is 10. The Kier molecular flexibility index (Phi) is 8.34. The number of fused-ring (bicyclic) bond motifs is 9. The Labute approximate surface area is 375 Å². The predicted molar refractivity (Wildman–Crippen MR) is 269 cm³/mol. The number of nitrogens with zero attached hydrogens (tertiary/aromatic N) is 1. The molecule has 2 heterocycles. The summed E-state index contributed by atoms with van der Waals surface area (Å²) in [6, 6.07) is 86.6. The molecule has 12 aromatic rings. The van der Waals surface area contributed by atoms with E-state index >= 15 is 0 Å². The van der Waals surface area contributed by atoms with Gasteiger partial charge in [-0.15, -0.1) is 11.3 Å². The highest BCUT2D eigenvalue weighted by Gasteiger charge is 2.47. The first-order valence-electron chi connectivity index (χ1n) is 21.9. The second-order valence-corrected chi connectivity index (χ2v) is 17.8. The second kappa shape index (κ2) is 14.6. The van der Waals surface area contributed by atoms with Gasteiger partial charge in [-0.25, -0.2) is 0 Å². The van der Waals surface area contributed by atoms with E-state index in [1.165, 1.54) is 81.5 Å². The summed E-state index contributed by atoms with van der Waals surface area (Å²) < 4.78 is 8.68. The van der Waals surface area contributed by atoms with Crippen molar-refractivity contribution in [2.45, 2.75) is 5.41 Å². The summed E-state index contributed by atoms with van der Waals surface area (Å²) in [6.45, 7) is 0. The van der Waals surface area contributed by atoms with E-state index in [1.54, 1.807) is 0 Å². The van der Waals surface area contributed by atoms with Crippen LogP contribution in [-0.4, -0.2) is 0 Å². The zero-order chi connectivity index (χ0) is 42.2. The summed E-state index contributed by atoms with van der Waals surface area (Å²) in [5, 5.41) is 4.85. The molecule has 0 radical (unpaired) electrons. The van der Waals surface area contributed by atoms with Gasteiger partial charge < -0.3 is 9.32 Å². The molecule has 2 aromatic heterocycles. The van der Waals surface area contributed by atoms with E-state index in [4.69, 9.17) is 4.42 Å². The van der Waals surface area contributed by atoms with Crippen molar-refractivity contribution < 1.29 is 4.42 Å². The maximum atomic E-state index is 6.12. The van der Waals surface area contributed by atoms with Gasteiger partial charge in [-0.2, -0.15) is 0 Å². The zero-order valence-corrected chi connectivity index (χ0v) is 35.6. The molecule has 13 rings (SSSR count). The quantitative estimate of drug-likeness (QED) is 0.159. The number of para-hydroxylation sites is 1. The lowest BCUT2D eigenvalue weighted by atomic mass is 9.68. The van der Waals surface area contributed by atoms with Gasteiger partial charge in [0.1, 0.15) is 11.2 Å². The lowest BCUT2D eigenvalue weighted by Crippen LogP contribution is -2.28. The molecular weight excluding hydrogens is 795 g/mol. The third-order valence-electron chi connectivity index (χ3n) is 13.4. The third-order valence-corrected chi connectivity index (χ3v) is 14.6. The van der Waals surface area contributed by atoms with Gasteiger partial charge in [0.25, 0.3) is 0 Å². The highest BCUT2D eigenvalue weighted by atomic mass is 32.1. The Bertz CT molecular complexity index is 3670. The maximum Gasteiger partial charge on any atom is 0.135 e. The maximum absolute atomic E-state index is 6.12. The molecule has 0 amide bonds. The van der Waals surface area contributed by atoms with Crippen molar-refractivity contribution in [2.24, 2.45) is 0 Å². The van der Waals surface area contributed by atoms with Crippen molar-refractivity contribution in [1.29, 1.82) is 0 Å². The summed E-state index contributed by atoms with van der Waals surface area (Å²) in [6.07, 6.45) is 0. The normalized spacial score (nSPS) is 12.8. The largest absolute Gasteiger partial charge is 0.456 e. The first-order chi connectivity index (χ1) is 31.7. The van der Waals surface area contributed by atoms with Crippen molar-refractivity contribution in [3.63, 3.8) is 0 Å². The van der Waals surface area contributed by atoms with Crippen molar-refractivity contribution >= 4 is 70.5 Å². The van der Waals surface area contributed by atoms with Crippen LogP contribution in [-0.2, 0) is 5.41 Å². The van der Waals surface area contributed by atoms with E-state index in [0.717, 1.165) is 33.3 Å². The van der Waals surface area contributed by atoms with Crippen LogP contribution in [0.5, 0.6) is 0 Å². The Morgan fingerprint density at radius 3 is 1.69 bits per heavy atom. The van der Waals surface area contributed by atoms with Crippen LogP contribution in [0.1, 0.15) is 22.3 Å². The summed E-state index contributed by atoms with van der Waals surface area (Å²) in [7, 11) is 0. The van der Waals surface area contributed by atoms with E-state index in [2.05, 4.69) is 229 Å². The van der Waals surface area contributed by atoms with Crippen molar-refractivity contribution in [2.75, 3.05) is 4.90 Å². The number of hydrogen-bond donors (Lipinski definition) is 0. The Morgan fingerprint density at radius 1 is 0.375 bits per heavy atom. The van der Waals surface area contributed by atoms with E-state index in [1.807, 2.05) is 23.5 Å². The molecule has 1 aliphatic carbocycles. The SMILES string of the molecule is c1ccc(C2(c3ccccc3)c3ccccc3-c3c(N(c4ccc(-c5ccc(-c6ccc7oc8ccccc8c7c6)cc5)cc4)c4cccc5c4sc4ccccc45)cccc32)cc1. The molecule has 0 saturated heterocycles. The Balaban J connectivity index is 0.976. The highest BCUT2D eigenvalue weighted by molar-refractivity contribution is 7.26. The Morgan fingerprint density at radius 2 is 0.922 bits per heavy atom. The summed E-state index contributed by atoms with van der Waals surface area (Å²) in [5.41, 5.74) is 17.1. The van der Waals surface area contributed by atoms with Gasteiger partial charge in [-0.3, -0.25) is 0 Å². The fraction of sp³-hybridized carbons (Fsp3) is 0.0164. The minimum atomic E-state index is -0.506. The molecule has 0 fully saturated rings. The van der Waals surface area contributed by atoms with Crippen molar-refractivity contribution in [3.8, 4) is 33.4 Å². The summed E-state index contributed by atoms with van der Waals surface area (Å²) in [5.74, 6) is 0. The van der Waals surface area contributed by atoms with Gasteiger partial charge in [0.05, 0.1) is 21.5 Å². The molecular formula is C61H39NOS. The molecule has 0 saturated carbocycles. The fourth-order valence-corrected chi connectivity index (χ4v) is 11.7. The number of hydrogen-bond acceptors (Lipinski definition) is 3. The van der Waals surface area contributed by atoms with E-state index in [9.17, 15) is 0 Å². The van der Waals surface area contributed by atoms with Crippen molar-refractivity contribution in [3.05, 3.63) is 259 Å². The Hall–Kier alpha value is -7.98. The average molecular weight is 834 g/mol. The summed E-state index contributed by atoms with van der Waals surface area (Å²) >= 11 is 1.87. The molecule has 64 heavy (non-hydrogen) atoms.